The van der Waals surface area contributed by atoms with E-state index in [1.807, 2.05) is 24.3 Å². The van der Waals surface area contributed by atoms with Gasteiger partial charge in [-0.3, -0.25) is 5.32 Å². The van der Waals surface area contributed by atoms with E-state index in [2.05, 4.69) is 5.32 Å². The molecule has 1 saturated heterocycles. The molecule has 16 heavy (non-hydrogen) atoms. The summed E-state index contributed by atoms with van der Waals surface area (Å²) in [5, 5.41) is 4.34. The molecule has 0 bridgehead atoms. The largest absolute Gasteiger partial charge is 0.354 e. The fraction of sp³-hybridized carbons (Fsp3) is 0.538. The Morgan fingerprint density at radius 1 is 1.12 bits per heavy atom. The van der Waals surface area contributed by atoms with E-state index in [-0.39, 0.29) is 6.23 Å². The van der Waals surface area contributed by atoms with Crippen LogP contribution in [0.5, 0.6) is 0 Å². The molecule has 1 aromatic rings. The van der Waals surface area contributed by atoms with Crippen LogP contribution in [-0.4, -0.2) is 12.1 Å². The molecule has 0 amide bonds. The van der Waals surface area contributed by atoms with Crippen molar-refractivity contribution in [2.24, 2.45) is 0 Å². The number of halogens is 1. The first-order valence-corrected chi connectivity index (χ1v) is 6.38. The Morgan fingerprint density at radius 2 is 1.88 bits per heavy atom. The van der Waals surface area contributed by atoms with Gasteiger partial charge in [-0.1, -0.05) is 36.6 Å². The van der Waals surface area contributed by atoms with Gasteiger partial charge in [-0.15, -0.1) is 0 Å². The van der Waals surface area contributed by atoms with Crippen molar-refractivity contribution in [1.29, 1.82) is 0 Å². The van der Waals surface area contributed by atoms with Crippen LogP contribution in [0.15, 0.2) is 24.3 Å². The molecular weight excluding hydrogens is 222 g/mol. The number of nitrogens with one attached hydrogen (secondary N) is 1. The topological polar surface area (TPSA) is 21.3 Å². The zero-order valence-electron chi connectivity index (χ0n) is 9.16. The molecule has 3 rings (SSSR count). The standard InChI is InChI=1S/C13H16ClNO/c14-10-7-5-9(6-8-10)13-15-11-3-1-2-4-12(11)16-13/h5-8,11-13,15H,1-4H2/t11-,12-,13?/m1/s1. The second-order valence-electron chi connectivity index (χ2n) is 4.66. The van der Waals surface area contributed by atoms with Crippen LogP contribution >= 0.6 is 11.6 Å². The fourth-order valence-corrected chi connectivity index (χ4v) is 2.80. The van der Waals surface area contributed by atoms with Gasteiger partial charge in [0.05, 0.1) is 6.10 Å². The summed E-state index contributed by atoms with van der Waals surface area (Å²) in [6, 6.07) is 8.47. The second kappa shape index (κ2) is 4.36. The van der Waals surface area contributed by atoms with E-state index in [9.17, 15) is 0 Å². The molecule has 2 fully saturated rings. The predicted octanol–water partition coefficient (Wildman–Crippen LogP) is 3.27. The summed E-state index contributed by atoms with van der Waals surface area (Å²) >= 11 is 5.88. The van der Waals surface area contributed by atoms with Crippen LogP contribution in [0, 0.1) is 0 Å². The molecule has 2 aliphatic rings. The van der Waals surface area contributed by atoms with E-state index in [1.54, 1.807) is 0 Å². The number of rotatable bonds is 1. The Bertz CT molecular complexity index is 351. The van der Waals surface area contributed by atoms with Gasteiger partial charge in [0.15, 0.2) is 0 Å². The third-order valence-electron chi connectivity index (χ3n) is 3.55. The molecule has 2 nitrogen and oxygen atoms in total. The minimum absolute atomic E-state index is 0.0605. The van der Waals surface area contributed by atoms with Crippen molar-refractivity contribution < 1.29 is 4.74 Å². The lowest BCUT2D eigenvalue weighted by Crippen LogP contribution is -2.33. The van der Waals surface area contributed by atoms with E-state index >= 15 is 0 Å². The summed E-state index contributed by atoms with van der Waals surface area (Å²) in [5.74, 6) is 0. The van der Waals surface area contributed by atoms with Gasteiger partial charge in [0.25, 0.3) is 0 Å². The van der Waals surface area contributed by atoms with Crippen LogP contribution in [0.2, 0.25) is 5.02 Å². The highest BCUT2D eigenvalue weighted by Crippen LogP contribution is 2.33. The van der Waals surface area contributed by atoms with Gasteiger partial charge < -0.3 is 4.74 Å². The van der Waals surface area contributed by atoms with Gasteiger partial charge >= 0.3 is 0 Å². The summed E-state index contributed by atoms with van der Waals surface area (Å²) in [6.45, 7) is 0. The molecule has 3 heteroatoms. The lowest BCUT2D eigenvalue weighted by Gasteiger charge is -2.22. The third kappa shape index (κ3) is 1.97. The number of hydrogen-bond acceptors (Lipinski definition) is 2. The van der Waals surface area contributed by atoms with Crippen molar-refractivity contribution in [3.63, 3.8) is 0 Å². The van der Waals surface area contributed by atoms with E-state index in [0.29, 0.717) is 12.1 Å². The first kappa shape index (κ1) is 10.6. The second-order valence-corrected chi connectivity index (χ2v) is 5.10. The number of hydrogen-bond donors (Lipinski definition) is 1. The molecule has 1 N–H and O–H groups in total. The zero-order valence-corrected chi connectivity index (χ0v) is 9.91. The zero-order chi connectivity index (χ0) is 11.0. The fourth-order valence-electron chi connectivity index (χ4n) is 2.67. The van der Waals surface area contributed by atoms with Crippen molar-refractivity contribution >= 4 is 11.6 Å². The number of ether oxygens (including phenoxy) is 1. The Balaban J connectivity index is 1.75. The third-order valence-corrected chi connectivity index (χ3v) is 3.80. The molecule has 0 radical (unpaired) electrons. The average molecular weight is 238 g/mol. The number of fused-ring (bicyclic) bond motifs is 1. The van der Waals surface area contributed by atoms with Crippen molar-refractivity contribution in [1.82, 2.24) is 5.32 Å². The van der Waals surface area contributed by atoms with E-state index in [1.165, 1.54) is 31.2 Å². The maximum absolute atomic E-state index is 6.04. The van der Waals surface area contributed by atoms with Crippen LogP contribution in [0.25, 0.3) is 0 Å². The highest BCUT2D eigenvalue weighted by atomic mass is 35.5. The van der Waals surface area contributed by atoms with Gasteiger partial charge in [-0.05, 0) is 30.5 Å². The molecule has 3 atom stereocenters. The lowest BCUT2D eigenvalue weighted by atomic mass is 9.93. The first-order chi connectivity index (χ1) is 7.83. The summed E-state index contributed by atoms with van der Waals surface area (Å²) < 4.78 is 6.04. The minimum atomic E-state index is 0.0605. The van der Waals surface area contributed by atoms with Gasteiger partial charge in [0, 0.05) is 11.1 Å². The van der Waals surface area contributed by atoms with Crippen molar-refractivity contribution in [3.05, 3.63) is 34.9 Å². The Morgan fingerprint density at radius 3 is 2.62 bits per heavy atom. The molecule has 1 aliphatic heterocycles. The molecule has 1 unspecified atom stereocenters. The van der Waals surface area contributed by atoms with Crippen molar-refractivity contribution in [2.75, 3.05) is 0 Å². The molecule has 1 aliphatic carbocycles. The van der Waals surface area contributed by atoms with Crippen LogP contribution < -0.4 is 5.32 Å². The summed E-state index contributed by atoms with van der Waals surface area (Å²) in [6.07, 6.45) is 5.54. The highest BCUT2D eigenvalue weighted by molar-refractivity contribution is 6.30. The lowest BCUT2D eigenvalue weighted by molar-refractivity contribution is 0.0246. The van der Waals surface area contributed by atoms with E-state index in [4.69, 9.17) is 16.3 Å². The average Bonchev–Trinajstić information content (AvgIpc) is 2.73. The van der Waals surface area contributed by atoms with Gasteiger partial charge in [0.1, 0.15) is 6.23 Å². The monoisotopic (exact) mass is 237 g/mol. The molecule has 1 saturated carbocycles. The molecule has 0 aromatic heterocycles. The summed E-state index contributed by atoms with van der Waals surface area (Å²) in [5.41, 5.74) is 1.18. The molecule has 1 aromatic carbocycles. The SMILES string of the molecule is Clc1ccc(C2N[C@@H]3CCCC[C@H]3O2)cc1. The number of benzene rings is 1. The van der Waals surface area contributed by atoms with Gasteiger partial charge in [-0.2, -0.15) is 0 Å². The highest BCUT2D eigenvalue weighted by Gasteiger charge is 2.36. The molecular formula is C13H16ClNO. The minimum Gasteiger partial charge on any atom is -0.354 e. The van der Waals surface area contributed by atoms with E-state index < -0.39 is 0 Å². The van der Waals surface area contributed by atoms with Crippen LogP contribution in [0.1, 0.15) is 37.5 Å². The Kier molecular flexibility index (Phi) is 2.88. The summed E-state index contributed by atoms with van der Waals surface area (Å²) in [7, 11) is 0. The van der Waals surface area contributed by atoms with E-state index in [0.717, 1.165) is 5.02 Å². The Labute approximate surface area is 101 Å². The Hall–Kier alpha value is -0.570. The maximum atomic E-state index is 6.04. The maximum Gasteiger partial charge on any atom is 0.135 e. The quantitative estimate of drug-likeness (QED) is 0.810. The predicted molar refractivity (Wildman–Crippen MR) is 64.5 cm³/mol. The van der Waals surface area contributed by atoms with Crippen molar-refractivity contribution in [2.45, 2.75) is 44.1 Å². The first-order valence-electron chi connectivity index (χ1n) is 6.00. The normalized spacial score (nSPS) is 33.7. The molecule has 1 heterocycles. The smallest absolute Gasteiger partial charge is 0.135 e. The molecule has 0 spiro atoms. The van der Waals surface area contributed by atoms with Crippen LogP contribution in [0.3, 0.4) is 0 Å². The summed E-state index contributed by atoms with van der Waals surface area (Å²) in [4.78, 5) is 0. The van der Waals surface area contributed by atoms with Crippen molar-refractivity contribution in [3.8, 4) is 0 Å². The van der Waals surface area contributed by atoms with Gasteiger partial charge in [0.2, 0.25) is 0 Å². The molecule has 86 valence electrons. The van der Waals surface area contributed by atoms with Gasteiger partial charge in [-0.25, -0.2) is 0 Å². The van der Waals surface area contributed by atoms with Crippen LogP contribution in [-0.2, 0) is 4.74 Å². The van der Waals surface area contributed by atoms with Crippen LogP contribution in [0.4, 0.5) is 0 Å².